The second-order valence-electron chi connectivity index (χ2n) is 6.56. The van der Waals surface area contributed by atoms with Crippen LogP contribution >= 0.6 is 0 Å². The molecule has 0 saturated carbocycles. The van der Waals surface area contributed by atoms with Crippen LogP contribution in [0, 0.1) is 12.7 Å². The number of sulfone groups is 1. The number of anilines is 2. The van der Waals surface area contributed by atoms with E-state index in [0.717, 1.165) is 30.2 Å². The second kappa shape index (κ2) is 7.07. The van der Waals surface area contributed by atoms with E-state index in [2.05, 4.69) is 5.32 Å². The highest BCUT2D eigenvalue weighted by Crippen LogP contribution is 2.32. The number of nitrogens with zero attached hydrogens (tertiary/aromatic N) is 1. The van der Waals surface area contributed by atoms with Gasteiger partial charge in [-0.2, -0.15) is 0 Å². The molecule has 1 N–H and O–H groups in total. The van der Waals surface area contributed by atoms with Crippen LogP contribution in [0.2, 0.25) is 0 Å². The molecular weight excluding hydrogens is 355 g/mol. The maximum Gasteiger partial charge on any atom is 0.243 e. The van der Waals surface area contributed by atoms with Gasteiger partial charge >= 0.3 is 0 Å². The highest BCUT2D eigenvalue weighted by Gasteiger charge is 2.24. The Morgan fingerprint density at radius 2 is 1.88 bits per heavy atom. The Bertz CT molecular complexity index is 940. The van der Waals surface area contributed by atoms with E-state index in [4.69, 9.17) is 0 Å². The predicted octanol–water partition coefficient (Wildman–Crippen LogP) is 2.93. The number of carbonyl (C=O) groups excluding carboxylic acids is 1. The summed E-state index contributed by atoms with van der Waals surface area (Å²) in [5, 5.41) is 2.73. The second-order valence-corrected chi connectivity index (χ2v) is 8.58. The third kappa shape index (κ3) is 3.88. The summed E-state index contributed by atoms with van der Waals surface area (Å²) in [7, 11) is -3.28. The van der Waals surface area contributed by atoms with Crippen molar-refractivity contribution in [3.8, 4) is 0 Å². The van der Waals surface area contributed by atoms with Crippen LogP contribution in [0.1, 0.15) is 17.5 Å². The van der Waals surface area contributed by atoms with E-state index < -0.39 is 9.84 Å². The minimum Gasteiger partial charge on any atom is -0.360 e. The van der Waals surface area contributed by atoms with E-state index >= 15 is 0 Å². The van der Waals surface area contributed by atoms with Crippen molar-refractivity contribution in [1.29, 1.82) is 0 Å². The smallest absolute Gasteiger partial charge is 0.243 e. The van der Waals surface area contributed by atoms with Crippen molar-refractivity contribution < 1.29 is 17.6 Å². The highest BCUT2D eigenvalue weighted by atomic mass is 32.2. The van der Waals surface area contributed by atoms with Crippen molar-refractivity contribution >= 4 is 27.1 Å². The zero-order valence-corrected chi connectivity index (χ0v) is 15.6. The molecule has 2 aromatic rings. The fourth-order valence-corrected chi connectivity index (χ4v) is 3.87. The average Bonchev–Trinajstić information content (AvgIpc) is 2.58. The quantitative estimate of drug-likeness (QED) is 0.891. The number of halogens is 1. The molecule has 2 aromatic carbocycles. The fraction of sp³-hybridized carbons (Fsp3) is 0.316. The summed E-state index contributed by atoms with van der Waals surface area (Å²) in [6.45, 7) is 2.61. The zero-order valence-electron chi connectivity index (χ0n) is 14.8. The molecule has 3 rings (SSSR count). The van der Waals surface area contributed by atoms with Crippen LogP contribution in [-0.4, -0.2) is 33.7 Å². The Kier molecular flexibility index (Phi) is 5.00. The summed E-state index contributed by atoms with van der Waals surface area (Å²) in [5.74, 6) is -0.582. The van der Waals surface area contributed by atoms with Crippen LogP contribution in [0.4, 0.5) is 15.8 Å². The van der Waals surface area contributed by atoms with Crippen LogP contribution in [0.15, 0.2) is 41.3 Å². The van der Waals surface area contributed by atoms with Crippen molar-refractivity contribution in [2.24, 2.45) is 0 Å². The Labute approximate surface area is 152 Å². The summed E-state index contributed by atoms with van der Waals surface area (Å²) < 4.78 is 37.3. The monoisotopic (exact) mass is 376 g/mol. The molecule has 0 bridgehead atoms. The number of carbonyl (C=O) groups is 1. The first-order chi connectivity index (χ1) is 12.3. The van der Waals surface area contributed by atoms with Gasteiger partial charge in [0, 0.05) is 18.5 Å². The van der Waals surface area contributed by atoms with Gasteiger partial charge in [-0.1, -0.05) is 6.07 Å². The van der Waals surface area contributed by atoms with E-state index in [1.807, 2.05) is 6.92 Å². The molecule has 5 nitrogen and oxygen atoms in total. The Balaban J connectivity index is 1.73. The van der Waals surface area contributed by atoms with Gasteiger partial charge in [0.15, 0.2) is 9.84 Å². The topological polar surface area (TPSA) is 66.5 Å². The molecule has 0 aliphatic carbocycles. The molecule has 0 spiro atoms. The number of fused-ring (bicyclic) bond motifs is 1. The highest BCUT2D eigenvalue weighted by molar-refractivity contribution is 7.90. The zero-order chi connectivity index (χ0) is 18.9. The van der Waals surface area contributed by atoms with Gasteiger partial charge < -0.3 is 10.2 Å². The van der Waals surface area contributed by atoms with Gasteiger partial charge in [-0.05, 0) is 61.2 Å². The van der Waals surface area contributed by atoms with E-state index in [9.17, 15) is 17.6 Å². The predicted molar refractivity (Wildman–Crippen MR) is 99.9 cm³/mol. The summed E-state index contributed by atoms with van der Waals surface area (Å²) in [5.41, 5.74) is 3.01. The molecule has 1 amide bonds. The SMILES string of the molecule is Cc1ccc(F)c2c1CCCN2CC(=O)Nc1ccc(S(C)(=O)=O)cc1. The van der Waals surface area contributed by atoms with Crippen LogP contribution in [0.3, 0.4) is 0 Å². The van der Waals surface area contributed by atoms with Gasteiger partial charge in [0.2, 0.25) is 5.91 Å². The first-order valence-corrected chi connectivity index (χ1v) is 10.3. The molecule has 7 heteroatoms. The van der Waals surface area contributed by atoms with Crippen molar-refractivity contribution in [3.63, 3.8) is 0 Å². The first kappa shape index (κ1) is 18.4. The van der Waals surface area contributed by atoms with Crippen LogP contribution in [0.25, 0.3) is 0 Å². The summed E-state index contributed by atoms with van der Waals surface area (Å²) >= 11 is 0. The maximum absolute atomic E-state index is 14.3. The summed E-state index contributed by atoms with van der Waals surface area (Å²) in [6, 6.07) is 9.19. The van der Waals surface area contributed by atoms with Gasteiger partial charge in [-0.3, -0.25) is 4.79 Å². The fourth-order valence-electron chi connectivity index (χ4n) is 3.24. The van der Waals surface area contributed by atoms with Gasteiger partial charge in [-0.25, -0.2) is 12.8 Å². The Morgan fingerprint density at radius 3 is 2.54 bits per heavy atom. The number of hydrogen-bond donors (Lipinski definition) is 1. The average molecular weight is 376 g/mol. The number of benzene rings is 2. The lowest BCUT2D eigenvalue weighted by atomic mass is 9.96. The molecule has 1 aliphatic heterocycles. The number of amides is 1. The number of hydrogen-bond acceptors (Lipinski definition) is 4. The number of rotatable bonds is 4. The largest absolute Gasteiger partial charge is 0.360 e. The van der Waals surface area contributed by atoms with Crippen molar-refractivity contribution in [2.45, 2.75) is 24.7 Å². The van der Waals surface area contributed by atoms with Gasteiger partial charge in [0.05, 0.1) is 17.1 Å². The van der Waals surface area contributed by atoms with Crippen molar-refractivity contribution in [2.75, 3.05) is 29.6 Å². The molecule has 1 aliphatic rings. The van der Waals surface area contributed by atoms with E-state index in [0.29, 0.717) is 17.9 Å². The number of nitrogens with one attached hydrogen (secondary N) is 1. The summed E-state index contributed by atoms with van der Waals surface area (Å²) in [4.78, 5) is 14.3. The summed E-state index contributed by atoms with van der Waals surface area (Å²) in [6.07, 6.45) is 2.81. The normalized spacial score (nSPS) is 14.0. The molecule has 0 aromatic heterocycles. The van der Waals surface area contributed by atoms with E-state index in [1.54, 1.807) is 23.1 Å². The lowest BCUT2D eigenvalue weighted by molar-refractivity contribution is -0.115. The van der Waals surface area contributed by atoms with E-state index in [1.165, 1.54) is 18.2 Å². The lowest BCUT2D eigenvalue weighted by Crippen LogP contribution is -2.37. The molecule has 26 heavy (non-hydrogen) atoms. The standard InChI is InChI=1S/C19H21FN2O3S/c1-13-5-10-17(20)19-16(13)4-3-11-22(19)12-18(23)21-14-6-8-15(9-7-14)26(2,24)25/h5-10H,3-4,11-12H2,1-2H3,(H,21,23). The third-order valence-electron chi connectivity index (χ3n) is 4.54. The third-order valence-corrected chi connectivity index (χ3v) is 5.67. The van der Waals surface area contributed by atoms with Crippen LogP contribution < -0.4 is 10.2 Å². The van der Waals surface area contributed by atoms with Crippen LogP contribution in [-0.2, 0) is 21.1 Å². The van der Waals surface area contributed by atoms with Gasteiger partial charge in [-0.15, -0.1) is 0 Å². The first-order valence-electron chi connectivity index (χ1n) is 8.38. The molecule has 0 fully saturated rings. The minimum absolute atomic E-state index is 0.0429. The van der Waals surface area contributed by atoms with Gasteiger partial charge in [0.25, 0.3) is 0 Å². The molecule has 0 radical (unpaired) electrons. The number of aryl methyl sites for hydroxylation is 1. The van der Waals surface area contributed by atoms with Gasteiger partial charge in [0.1, 0.15) is 5.82 Å². The molecule has 1 heterocycles. The Hall–Kier alpha value is -2.41. The molecule has 0 atom stereocenters. The maximum atomic E-state index is 14.3. The molecule has 0 unspecified atom stereocenters. The Morgan fingerprint density at radius 1 is 1.19 bits per heavy atom. The molecular formula is C19H21FN2O3S. The van der Waals surface area contributed by atoms with E-state index in [-0.39, 0.29) is 23.2 Å². The minimum atomic E-state index is -3.28. The van der Waals surface area contributed by atoms with Crippen molar-refractivity contribution in [1.82, 2.24) is 0 Å². The van der Waals surface area contributed by atoms with Crippen molar-refractivity contribution in [3.05, 3.63) is 53.3 Å². The van der Waals surface area contributed by atoms with Crippen LogP contribution in [0.5, 0.6) is 0 Å². The molecule has 138 valence electrons. The lowest BCUT2D eigenvalue weighted by Gasteiger charge is -2.32. The molecule has 0 saturated heterocycles.